The number of benzene rings is 2. The second kappa shape index (κ2) is 10.4. The summed E-state index contributed by atoms with van der Waals surface area (Å²) >= 11 is 0. The van der Waals surface area contributed by atoms with Crippen molar-refractivity contribution in [3.05, 3.63) is 83.9 Å². The highest BCUT2D eigenvalue weighted by Crippen LogP contribution is 2.25. The molecule has 9 nitrogen and oxygen atoms in total. The van der Waals surface area contributed by atoms with Gasteiger partial charge >= 0.3 is 0 Å². The van der Waals surface area contributed by atoms with E-state index in [4.69, 9.17) is 4.74 Å². The monoisotopic (exact) mass is 470 g/mol. The van der Waals surface area contributed by atoms with Gasteiger partial charge in [-0.1, -0.05) is 35.5 Å². The van der Waals surface area contributed by atoms with Crippen molar-refractivity contribution in [1.82, 2.24) is 25.3 Å². The molecule has 0 bridgehead atoms. The van der Waals surface area contributed by atoms with Crippen molar-refractivity contribution in [2.24, 2.45) is 5.92 Å². The van der Waals surface area contributed by atoms with Crippen LogP contribution < -0.4 is 10.6 Å². The van der Waals surface area contributed by atoms with E-state index in [1.54, 1.807) is 41.5 Å². The number of hydrogen-bond donors (Lipinski definition) is 2. The van der Waals surface area contributed by atoms with E-state index in [1.807, 2.05) is 30.3 Å². The number of amides is 2. The van der Waals surface area contributed by atoms with Gasteiger partial charge in [0.05, 0.1) is 18.4 Å². The molecular weight excluding hydrogens is 444 g/mol. The number of carbonyl (C=O) groups is 2. The Bertz CT molecular complexity index is 1330. The van der Waals surface area contributed by atoms with Gasteiger partial charge in [0.15, 0.2) is 5.69 Å². The molecule has 2 amide bonds. The second-order valence-electron chi connectivity index (χ2n) is 8.54. The lowest BCUT2D eigenvalue weighted by atomic mass is 9.99. The first kappa shape index (κ1) is 22.7. The number of ether oxygens (including phenoxy) is 1. The Balaban J connectivity index is 1.35. The van der Waals surface area contributed by atoms with Crippen molar-refractivity contribution >= 4 is 28.3 Å². The van der Waals surface area contributed by atoms with Gasteiger partial charge in [-0.2, -0.15) is 0 Å². The highest BCUT2D eigenvalue weighted by Gasteiger charge is 2.20. The summed E-state index contributed by atoms with van der Waals surface area (Å²) in [6.45, 7) is 2.54. The Hall–Kier alpha value is -4.11. The van der Waals surface area contributed by atoms with E-state index in [2.05, 4.69) is 25.9 Å². The van der Waals surface area contributed by atoms with Gasteiger partial charge in [-0.15, -0.1) is 5.10 Å². The first-order valence-corrected chi connectivity index (χ1v) is 11.7. The summed E-state index contributed by atoms with van der Waals surface area (Å²) in [5.41, 5.74) is 2.11. The van der Waals surface area contributed by atoms with Crippen molar-refractivity contribution in [2.45, 2.75) is 19.4 Å². The molecule has 1 saturated heterocycles. The summed E-state index contributed by atoms with van der Waals surface area (Å²) in [6.07, 6.45) is 6.83. The molecular formula is C26H26N6O3. The van der Waals surface area contributed by atoms with Crippen molar-refractivity contribution in [2.75, 3.05) is 25.1 Å². The maximum absolute atomic E-state index is 13.3. The third-order valence-electron chi connectivity index (χ3n) is 6.23. The van der Waals surface area contributed by atoms with Crippen LogP contribution in [-0.2, 0) is 11.3 Å². The molecule has 0 spiro atoms. The molecule has 2 aromatic carbocycles. The molecule has 9 heteroatoms. The van der Waals surface area contributed by atoms with Crippen LogP contribution in [0.15, 0.2) is 67.1 Å². The number of anilines is 1. The lowest BCUT2D eigenvalue weighted by molar-refractivity contribution is 0.0642. The molecule has 1 aliphatic rings. The fraction of sp³-hybridized carbons (Fsp3) is 0.269. The standard InChI is InChI=1S/C26H26N6O3/c33-25(22-8-7-19(17-32-13-12-29-31-32)20-4-1-2-5-21(20)22)30-23-6-3-11-27-24(23)26(34)28-16-18-9-14-35-15-10-18/h1-8,11-13,18H,9-10,14-17H2,(H,28,34)(H,30,33). The number of nitrogens with one attached hydrogen (secondary N) is 2. The molecule has 4 aromatic rings. The van der Waals surface area contributed by atoms with E-state index in [9.17, 15) is 9.59 Å². The van der Waals surface area contributed by atoms with Crippen LogP contribution in [-0.4, -0.2) is 51.6 Å². The molecule has 3 heterocycles. The van der Waals surface area contributed by atoms with Gasteiger partial charge in [0.25, 0.3) is 11.8 Å². The van der Waals surface area contributed by atoms with Gasteiger partial charge in [-0.3, -0.25) is 9.59 Å². The predicted molar refractivity (Wildman–Crippen MR) is 131 cm³/mol. The minimum atomic E-state index is -0.306. The summed E-state index contributed by atoms with van der Waals surface area (Å²) in [6, 6.07) is 14.8. The number of fused-ring (bicyclic) bond motifs is 1. The van der Waals surface area contributed by atoms with E-state index < -0.39 is 0 Å². The summed E-state index contributed by atoms with van der Waals surface area (Å²) in [5.74, 6) is -0.225. The van der Waals surface area contributed by atoms with Gasteiger partial charge < -0.3 is 15.4 Å². The van der Waals surface area contributed by atoms with Gasteiger partial charge in [0.2, 0.25) is 0 Å². The zero-order chi connectivity index (χ0) is 24.0. The highest BCUT2D eigenvalue weighted by atomic mass is 16.5. The Kier molecular flexibility index (Phi) is 6.76. The molecule has 0 atom stereocenters. The molecule has 2 N–H and O–H groups in total. The van der Waals surface area contributed by atoms with E-state index in [1.165, 1.54) is 0 Å². The van der Waals surface area contributed by atoms with Crippen LogP contribution in [0.25, 0.3) is 10.8 Å². The Morgan fingerprint density at radius 2 is 1.80 bits per heavy atom. The summed E-state index contributed by atoms with van der Waals surface area (Å²) in [7, 11) is 0. The summed E-state index contributed by atoms with van der Waals surface area (Å²) < 4.78 is 7.12. The van der Waals surface area contributed by atoms with Crippen molar-refractivity contribution in [3.8, 4) is 0 Å². The van der Waals surface area contributed by atoms with Gasteiger partial charge in [-0.05, 0) is 53.3 Å². The average molecular weight is 471 g/mol. The third-order valence-corrected chi connectivity index (χ3v) is 6.23. The summed E-state index contributed by atoms with van der Waals surface area (Å²) in [4.78, 5) is 30.4. The zero-order valence-electron chi connectivity index (χ0n) is 19.2. The molecule has 0 saturated carbocycles. The molecule has 2 aromatic heterocycles. The van der Waals surface area contributed by atoms with E-state index >= 15 is 0 Å². The quantitative estimate of drug-likeness (QED) is 0.429. The van der Waals surface area contributed by atoms with E-state index in [0.717, 1.165) is 42.4 Å². The molecule has 0 radical (unpaired) electrons. The highest BCUT2D eigenvalue weighted by molar-refractivity contribution is 6.15. The smallest absolute Gasteiger partial charge is 0.272 e. The Labute approximate surface area is 202 Å². The number of rotatable bonds is 7. The number of aromatic nitrogens is 4. The normalized spacial score (nSPS) is 14.1. The maximum atomic E-state index is 13.3. The lowest BCUT2D eigenvalue weighted by Crippen LogP contribution is -2.33. The molecule has 5 rings (SSSR count). The minimum Gasteiger partial charge on any atom is -0.381 e. The van der Waals surface area contributed by atoms with Crippen LogP contribution >= 0.6 is 0 Å². The molecule has 0 unspecified atom stereocenters. The Morgan fingerprint density at radius 1 is 0.971 bits per heavy atom. The van der Waals surface area contributed by atoms with Gasteiger partial charge in [0.1, 0.15) is 0 Å². The topological polar surface area (TPSA) is 111 Å². The van der Waals surface area contributed by atoms with E-state index in [0.29, 0.717) is 30.3 Å². The maximum Gasteiger partial charge on any atom is 0.272 e. The minimum absolute atomic E-state index is 0.194. The predicted octanol–water partition coefficient (Wildman–Crippen LogP) is 3.28. The van der Waals surface area contributed by atoms with Crippen LogP contribution in [0.2, 0.25) is 0 Å². The second-order valence-corrected chi connectivity index (χ2v) is 8.54. The van der Waals surface area contributed by atoms with Crippen molar-refractivity contribution < 1.29 is 14.3 Å². The fourth-order valence-corrected chi connectivity index (χ4v) is 4.34. The fourth-order valence-electron chi connectivity index (χ4n) is 4.34. The number of hydrogen-bond acceptors (Lipinski definition) is 6. The van der Waals surface area contributed by atoms with E-state index in [-0.39, 0.29) is 17.5 Å². The molecule has 178 valence electrons. The number of carbonyl (C=O) groups excluding carboxylic acids is 2. The van der Waals surface area contributed by atoms with Crippen LogP contribution in [0.1, 0.15) is 39.3 Å². The molecule has 0 aliphatic carbocycles. The summed E-state index contributed by atoms with van der Waals surface area (Å²) in [5, 5.41) is 15.5. The first-order chi connectivity index (χ1) is 17.2. The van der Waals surface area contributed by atoms with Crippen LogP contribution in [0.5, 0.6) is 0 Å². The Morgan fingerprint density at radius 3 is 2.60 bits per heavy atom. The van der Waals surface area contributed by atoms with Gasteiger partial charge in [0, 0.05) is 37.7 Å². The number of pyridine rings is 1. The third kappa shape index (κ3) is 5.20. The van der Waals surface area contributed by atoms with Crippen molar-refractivity contribution in [3.63, 3.8) is 0 Å². The van der Waals surface area contributed by atoms with Crippen LogP contribution in [0, 0.1) is 5.92 Å². The SMILES string of the molecule is O=C(NCC1CCOCC1)c1ncccc1NC(=O)c1ccc(Cn2ccnn2)c2ccccc12. The zero-order valence-corrected chi connectivity index (χ0v) is 19.2. The van der Waals surface area contributed by atoms with Crippen LogP contribution in [0.3, 0.4) is 0 Å². The first-order valence-electron chi connectivity index (χ1n) is 11.7. The lowest BCUT2D eigenvalue weighted by Gasteiger charge is -2.22. The van der Waals surface area contributed by atoms with Crippen LogP contribution in [0.4, 0.5) is 5.69 Å². The average Bonchev–Trinajstić information content (AvgIpc) is 3.41. The molecule has 1 aliphatic heterocycles. The largest absolute Gasteiger partial charge is 0.381 e. The van der Waals surface area contributed by atoms with Gasteiger partial charge in [-0.25, -0.2) is 9.67 Å². The molecule has 1 fully saturated rings. The van der Waals surface area contributed by atoms with Crippen molar-refractivity contribution in [1.29, 1.82) is 0 Å². The molecule has 35 heavy (non-hydrogen) atoms. The number of nitrogens with zero attached hydrogens (tertiary/aromatic N) is 4.